The van der Waals surface area contributed by atoms with Gasteiger partial charge in [-0.1, -0.05) is 30.3 Å². The van der Waals surface area contributed by atoms with Crippen LogP contribution in [-0.4, -0.2) is 38.8 Å². The summed E-state index contributed by atoms with van der Waals surface area (Å²) in [6.45, 7) is 2.11. The minimum atomic E-state index is -0.264. The first-order valence-corrected chi connectivity index (χ1v) is 9.93. The van der Waals surface area contributed by atoms with Crippen LogP contribution in [0.3, 0.4) is 0 Å². The van der Waals surface area contributed by atoms with E-state index in [4.69, 9.17) is 4.74 Å². The molecule has 3 heterocycles. The number of amides is 1. The van der Waals surface area contributed by atoms with Crippen LogP contribution < -0.4 is 0 Å². The van der Waals surface area contributed by atoms with Gasteiger partial charge in [-0.3, -0.25) is 9.78 Å². The average Bonchev–Trinajstić information content (AvgIpc) is 2.71. The van der Waals surface area contributed by atoms with Crippen LogP contribution in [0.1, 0.15) is 53.8 Å². The van der Waals surface area contributed by atoms with Crippen molar-refractivity contribution in [2.75, 3.05) is 0 Å². The number of benzene rings is 1. The normalized spacial score (nSPS) is 23.9. The van der Waals surface area contributed by atoms with Crippen molar-refractivity contribution in [2.45, 2.75) is 57.7 Å². The minimum absolute atomic E-state index is 0.0467. The molecule has 2 aliphatic heterocycles. The Morgan fingerprint density at radius 1 is 1.11 bits per heavy atom. The number of fused-ring (bicyclic) bond motifs is 2. The Labute approximate surface area is 164 Å². The van der Waals surface area contributed by atoms with Crippen molar-refractivity contribution >= 4 is 11.9 Å². The molecular weight excluding hydrogens is 354 g/mol. The second-order valence-corrected chi connectivity index (χ2v) is 7.76. The molecule has 1 aromatic carbocycles. The van der Waals surface area contributed by atoms with Crippen LogP contribution in [0.5, 0.6) is 0 Å². The van der Waals surface area contributed by atoms with Crippen molar-refractivity contribution in [3.8, 4) is 0 Å². The van der Waals surface area contributed by atoms with E-state index in [0.717, 1.165) is 30.5 Å². The topological polar surface area (TPSA) is 72.4 Å². The number of ketones is 1. The van der Waals surface area contributed by atoms with Gasteiger partial charge in [0.2, 0.25) is 0 Å². The molecule has 2 aliphatic rings. The van der Waals surface area contributed by atoms with Gasteiger partial charge in [0.15, 0.2) is 5.78 Å². The second-order valence-electron chi connectivity index (χ2n) is 7.76. The third-order valence-corrected chi connectivity index (χ3v) is 5.77. The van der Waals surface area contributed by atoms with Crippen LogP contribution in [0, 0.1) is 12.8 Å². The summed E-state index contributed by atoms with van der Waals surface area (Å²) in [5, 5.41) is 0. The summed E-state index contributed by atoms with van der Waals surface area (Å²) in [7, 11) is 0. The van der Waals surface area contributed by atoms with E-state index in [2.05, 4.69) is 9.97 Å². The molecule has 1 amide bonds. The largest absolute Gasteiger partial charge is 0.445 e. The highest BCUT2D eigenvalue weighted by atomic mass is 16.6. The number of rotatable bonds is 4. The van der Waals surface area contributed by atoms with E-state index >= 15 is 0 Å². The van der Waals surface area contributed by atoms with Gasteiger partial charge in [-0.2, -0.15) is 0 Å². The molecular formula is C22H25N3O3. The number of aromatic nitrogens is 2. The monoisotopic (exact) mass is 379 g/mol. The molecule has 2 unspecified atom stereocenters. The third-order valence-electron chi connectivity index (χ3n) is 5.77. The van der Waals surface area contributed by atoms with E-state index in [-0.39, 0.29) is 36.5 Å². The molecule has 146 valence electrons. The standard InChI is InChI=1S/C22H25N3O3/c1-15-12-23-13-20(24-15)21(26)17-10-18-8-5-9-19(11-17)25(18)22(27)28-14-16-6-3-2-4-7-16/h2-4,6-7,12-13,17-19H,5,8-11,14H2,1H3. The van der Waals surface area contributed by atoms with Crippen molar-refractivity contribution in [2.24, 2.45) is 5.92 Å². The van der Waals surface area contributed by atoms with Crippen molar-refractivity contribution in [1.29, 1.82) is 0 Å². The fourth-order valence-corrected chi connectivity index (χ4v) is 4.48. The number of nitrogens with zero attached hydrogens (tertiary/aromatic N) is 3. The van der Waals surface area contributed by atoms with E-state index in [9.17, 15) is 9.59 Å². The zero-order valence-corrected chi connectivity index (χ0v) is 16.1. The maximum atomic E-state index is 12.9. The molecule has 0 N–H and O–H groups in total. The molecule has 1 aromatic heterocycles. The Morgan fingerprint density at radius 3 is 2.50 bits per heavy atom. The lowest BCUT2D eigenvalue weighted by Crippen LogP contribution is -2.55. The number of carbonyl (C=O) groups excluding carboxylic acids is 2. The van der Waals surface area contributed by atoms with Gasteiger partial charge in [0.1, 0.15) is 12.3 Å². The van der Waals surface area contributed by atoms with Gasteiger partial charge in [0.05, 0.1) is 11.9 Å². The van der Waals surface area contributed by atoms with E-state index < -0.39 is 0 Å². The fraction of sp³-hybridized carbons (Fsp3) is 0.455. The summed E-state index contributed by atoms with van der Waals surface area (Å²) in [6.07, 6.45) is 7.20. The van der Waals surface area contributed by atoms with Crippen molar-refractivity contribution < 1.29 is 14.3 Å². The van der Waals surface area contributed by atoms with Gasteiger partial charge in [0.25, 0.3) is 0 Å². The van der Waals surface area contributed by atoms with Crippen molar-refractivity contribution in [3.05, 3.63) is 59.7 Å². The molecule has 2 saturated heterocycles. The van der Waals surface area contributed by atoms with Crippen LogP contribution in [-0.2, 0) is 11.3 Å². The predicted octanol–water partition coefficient (Wildman–Crippen LogP) is 3.94. The molecule has 28 heavy (non-hydrogen) atoms. The molecule has 2 bridgehead atoms. The Bertz CT molecular complexity index is 841. The van der Waals surface area contributed by atoms with Gasteiger partial charge in [-0.05, 0) is 44.6 Å². The Morgan fingerprint density at radius 2 is 1.82 bits per heavy atom. The van der Waals surface area contributed by atoms with E-state index in [1.165, 1.54) is 0 Å². The van der Waals surface area contributed by atoms with E-state index in [1.807, 2.05) is 42.2 Å². The summed E-state index contributed by atoms with van der Waals surface area (Å²) in [6, 6.07) is 9.82. The van der Waals surface area contributed by atoms with Crippen molar-refractivity contribution in [1.82, 2.24) is 14.9 Å². The lowest BCUT2D eigenvalue weighted by Gasteiger charge is -2.47. The maximum Gasteiger partial charge on any atom is 0.410 e. The van der Waals surface area contributed by atoms with Crippen LogP contribution >= 0.6 is 0 Å². The Kier molecular flexibility index (Phi) is 5.37. The Balaban J connectivity index is 1.43. The summed E-state index contributed by atoms with van der Waals surface area (Å²) in [5.74, 6) is -0.0602. The van der Waals surface area contributed by atoms with Crippen LogP contribution in [0.2, 0.25) is 0 Å². The van der Waals surface area contributed by atoms with Gasteiger partial charge < -0.3 is 9.64 Å². The maximum absolute atomic E-state index is 12.9. The SMILES string of the molecule is Cc1cncc(C(=O)C2CC3CCCC(C2)N3C(=O)OCc2ccccc2)n1. The molecule has 2 aromatic rings. The average molecular weight is 379 g/mol. The fourth-order valence-electron chi connectivity index (χ4n) is 4.48. The molecule has 0 saturated carbocycles. The van der Waals surface area contributed by atoms with Crippen LogP contribution in [0.15, 0.2) is 42.7 Å². The van der Waals surface area contributed by atoms with E-state index in [0.29, 0.717) is 18.5 Å². The second kappa shape index (κ2) is 8.09. The lowest BCUT2D eigenvalue weighted by molar-refractivity contribution is 0.00462. The summed E-state index contributed by atoms with van der Waals surface area (Å²) in [5.41, 5.74) is 2.15. The van der Waals surface area contributed by atoms with Gasteiger partial charge in [-0.25, -0.2) is 9.78 Å². The molecule has 2 fully saturated rings. The van der Waals surface area contributed by atoms with Gasteiger partial charge in [0, 0.05) is 24.2 Å². The number of piperidine rings is 2. The first-order valence-electron chi connectivity index (χ1n) is 9.93. The molecule has 0 aliphatic carbocycles. The number of ether oxygens (including phenoxy) is 1. The molecule has 6 nitrogen and oxygen atoms in total. The summed E-state index contributed by atoms with van der Waals surface area (Å²) < 4.78 is 5.58. The smallest absolute Gasteiger partial charge is 0.410 e. The molecule has 0 radical (unpaired) electrons. The molecule has 0 spiro atoms. The van der Waals surface area contributed by atoms with Crippen LogP contribution in [0.25, 0.3) is 0 Å². The summed E-state index contributed by atoms with van der Waals surface area (Å²) >= 11 is 0. The van der Waals surface area contributed by atoms with Crippen LogP contribution in [0.4, 0.5) is 4.79 Å². The highest BCUT2D eigenvalue weighted by Gasteiger charge is 2.44. The zero-order valence-electron chi connectivity index (χ0n) is 16.1. The summed E-state index contributed by atoms with van der Waals surface area (Å²) in [4.78, 5) is 36.0. The Hall–Kier alpha value is -2.76. The predicted molar refractivity (Wildman–Crippen MR) is 104 cm³/mol. The van der Waals surface area contributed by atoms with Gasteiger partial charge >= 0.3 is 6.09 Å². The quantitative estimate of drug-likeness (QED) is 0.753. The number of Topliss-reactive ketones (excluding diaryl/α,β-unsaturated/α-hetero) is 1. The molecule has 6 heteroatoms. The van der Waals surface area contributed by atoms with Gasteiger partial charge in [-0.15, -0.1) is 0 Å². The molecule has 2 atom stereocenters. The first-order chi connectivity index (χ1) is 13.6. The number of hydrogen-bond acceptors (Lipinski definition) is 5. The molecule has 4 rings (SSSR count). The lowest BCUT2D eigenvalue weighted by atomic mass is 9.76. The number of aryl methyl sites for hydroxylation is 1. The zero-order chi connectivity index (χ0) is 19.5. The first kappa shape index (κ1) is 18.6. The minimum Gasteiger partial charge on any atom is -0.445 e. The number of hydrogen-bond donors (Lipinski definition) is 0. The van der Waals surface area contributed by atoms with E-state index in [1.54, 1.807) is 12.4 Å². The highest BCUT2D eigenvalue weighted by molar-refractivity contribution is 5.96. The highest BCUT2D eigenvalue weighted by Crippen LogP contribution is 2.38. The third kappa shape index (κ3) is 3.91. The van der Waals surface area contributed by atoms with Crippen molar-refractivity contribution in [3.63, 3.8) is 0 Å². The number of carbonyl (C=O) groups is 2.